The maximum absolute atomic E-state index is 11.6. The molecule has 76 valence electrons. The van der Waals surface area contributed by atoms with Crippen molar-refractivity contribution in [2.24, 2.45) is 0 Å². The van der Waals surface area contributed by atoms with E-state index in [-0.39, 0.29) is 5.78 Å². The number of Topliss-reactive ketones (excluding diaryl/α,β-unsaturated/α-hetero) is 1. The van der Waals surface area contributed by atoms with Crippen molar-refractivity contribution >= 4 is 21.7 Å². The second-order valence-electron chi connectivity index (χ2n) is 3.21. The normalized spacial score (nSPS) is 10.1. The molecule has 2 nitrogen and oxygen atoms in total. The van der Waals surface area contributed by atoms with E-state index in [1.54, 1.807) is 6.20 Å². The molecule has 0 bridgehead atoms. The van der Waals surface area contributed by atoms with Gasteiger partial charge in [-0.1, -0.05) is 19.8 Å². The zero-order valence-electron chi connectivity index (χ0n) is 8.29. The minimum Gasteiger partial charge on any atom is -0.292 e. The number of aromatic nitrogens is 1. The molecule has 0 unspecified atom stereocenters. The van der Waals surface area contributed by atoms with Crippen LogP contribution in [0.15, 0.2) is 22.8 Å². The highest BCUT2D eigenvalue weighted by Crippen LogP contribution is 2.16. The van der Waals surface area contributed by atoms with Gasteiger partial charge in [0.2, 0.25) is 0 Å². The third-order valence-electron chi connectivity index (χ3n) is 2.03. The number of hydrogen-bond donors (Lipinski definition) is 0. The molecule has 1 aromatic rings. The standard InChI is InChI=1S/C11H14BrNO/c1-2-3-4-7-10(14)11-9(12)6-5-8-13-11/h5-6,8H,2-4,7H2,1H3. The first-order chi connectivity index (χ1) is 6.75. The molecule has 0 aliphatic carbocycles. The average molecular weight is 256 g/mol. The SMILES string of the molecule is CCCCCC(=O)c1ncccc1Br. The number of carbonyl (C=O) groups is 1. The van der Waals surface area contributed by atoms with Gasteiger partial charge >= 0.3 is 0 Å². The fourth-order valence-electron chi connectivity index (χ4n) is 1.24. The lowest BCUT2D eigenvalue weighted by atomic mass is 10.1. The zero-order valence-corrected chi connectivity index (χ0v) is 9.88. The summed E-state index contributed by atoms with van der Waals surface area (Å²) in [5.74, 6) is 0.130. The third-order valence-corrected chi connectivity index (χ3v) is 2.67. The molecule has 1 aromatic heterocycles. The van der Waals surface area contributed by atoms with E-state index in [2.05, 4.69) is 27.8 Å². The van der Waals surface area contributed by atoms with Crippen LogP contribution in [0.2, 0.25) is 0 Å². The number of unbranched alkanes of at least 4 members (excludes halogenated alkanes) is 2. The summed E-state index contributed by atoms with van der Waals surface area (Å²) in [5, 5.41) is 0. The monoisotopic (exact) mass is 255 g/mol. The van der Waals surface area contributed by atoms with Crippen LogP contribution in [0.1, 0.15) is 43.1 Å². The molecule has 0 saturated heterocycles. The number of carbonyl (C=O) groups excluding carboxylic acids is 1. The molecule has 0 aliphatic rings. The summed E-state index contributed by atoms with van der Waals surface area (Å²) in [7, 11) is 0. The molecular weight excluding hydrogens is 242 g/mol. The summed E-state index contributed by atoms with van der Waals surface area (Å²) in [6, 6.07) is 3.66. The van der Waals surface area contributed by atoms with Gasteiger partial charge in [-0.3, -0.25) is 9.78 Å². The molecule has 0 aromatic carbocycles. The molecular formula is C11H14BrNO. The fraction of sp³-hybridized carbons (Fsp3) is 0.455. The highest BCUT2D eigenvalue weighted by Gasteiger charge is 2.09. The average Bonchev–Trinajstić information content (AvgIpc) is 2.18. The van der Waals surface area contributed by atoms with Crippen LogP contribution < -0.4 is 0 Å². The van der Waals surface area contributed by atoms with Crippen molar-refractivity contribution in [3.05, 3.63) is 28.5 Å². The Kier molecular flexibility index (Phi) is 4.80. The lowest BCUT2D eigenvalue weighted by Crippen LogP contribution is -2.02. The molecule has 0 atom stereocenters. The van der Waals surface area contributed by atoms with Crippen molar-refractivity contribution in [2.45, 2.75) is 32.6 Å². The van der Waals surface area contributed by atoms with Crippen LogP contribution in [0.3, 0.4) is 0 Å². The van der Waals surface area contributed by atoms with Crippen LogP contribution in [-0.2, 0) is 0 Å². The van der Waals surface area contributed by atoms with Gasteiger partial charge in [-0.25, -0.2) is 0 Å². The van der Waals surface area contributed by atoms with Gasteiger partial charge in [0.25, 0.3) is 0 Å². The molecule has 0 aliphatic heterocycles. The van der Waals surface area contributed by atoms with E-state index in [0.29, 0.717) is 12.1 Å². The number of halogens is 1. The quantitative estimate of drug-likeness (QED) is 0.595. The molecule has 0 N–H and O–H groups in total. The minimum absolute atomic E-state index is 0.130. The molecule has 14 heavy (non-hydrogen) atoms. The van der Waals surface area contributed by atoms with Crippen LogP contribution in [0, 0.1) is 0 Å². The van der Waals surface area contributed by atoms with Gasteiger partial charge in [0.1, 0.15) is 5.69 Å². The van der Waals surface area contributed by atoms with E-state index in [9.17, 15) is 4.79 Å². The largest absolute Gasteiger partial charge is 0.292 e. The number of hydrogen-bond acceptors (Lipinski definition) is 2. The Balaban J connectivity index is 2.56. The van der Waals surface area contributed by atoms with E-state index in [0.717, 1.165) is 23.7 Å². The minimum atomic E-state index is 0.130. The van der Waals surface area contributed by atoms with Crippen molar-refractivity contribution in [3.8, 4) is 0 Å². The Hall–Kier alpha value is -0.700. The third kappa shape index (κ3) is 3.22. The van der Waals surface area contributed by atoms with Gasteiger partial charge in [0.05, 0.1) is 0 Å². The second-order valence-corrected chi connectivity index (χ2v) is 4.07. The molecule has 0 saturated carbocycles. The zero-order chi connectivity index (χ0) is 10.4. The van der Waals surface area contributed by atoms with Gasteiger partial charge in [-0.05, 0) is 34.5 Å². The van der Waals surface area contributed by atoms with Crippen molar-refractivity contribution < 1.29 is 4.79 Å². The van der Waals surface area contributed by atoms with Crippen LogP contribution in [0.4, 0.5) is 0 Å². The van der Waals surface area contributed by atoms with Crippen LogP contribution in [-0.4, -0.2) is 10.8 Å². The first kappa shape index (κ1) is 11.4. The van der Waals surface area contributed by atoms with E-state index >= 15 is 0 Å². The Bertz CT molecular complexity index is 312. The van der Waals surface area contributed by atoms with E-state index in [1.165, 1.54) is 0 Å². The maximum atomic E-state index is 11.6. The summed E-state index contributed by atoms with van der Waals surface area (Å²) < 4.78 is 0.793. The summed E-state index contributed by atoms with van der Waals surface area (Å²) in [5.41, 5.74) is 0.559. The fourth-order valence-corrected chi connectivity index (χ4v) is 1.72. The highest BCUT2D eigenvalue weighted by molar-refractivity contribution is 9.10. The summed E-state index contributed by atoms with van der Waals surface area (Å²) in [6.45, 7) is 2.13. The topological polar surface area (TPSA) is 30.0 Å². The van der Waals surface area contributed by atoms with Crippen molar-refractivity contribution in [2.75, 3.05) is 0 Å². The molecule has 0 fully saturated rings. The Morgan fingerprint density at radius 1 is 1.50 bits per heavy atom. The summed E-state index contributed by atoms with van der Waals surface area (Å²) in [4.78, 5) is 15.7. The van der Waals surface area contributed by atoms with Gasteiger partial charge in [-0.15, -0.1) is 0 Å². The van der Waals surface area contributed by atoms with E-state index < -0.39 is 0 Å². The molecule has 1 rings (SSSR count). The molecule has 0 radical (unpaired) electrons. The van der Waals surface area contributed by atoms with Crippen LogP contribution in [0.25, 0.3) is 0 Å². The van der Waals surface area contributed by atoms with Crippen LogP contribution in [0.5, 0.6) is 0 Å². The van der Waals surface area contributed by atoms with Gasteiger partial charge in [-0.2, -0.15) is 0 Å². The lowest BCUT2D eigenvalue weighted by molar-refractivity contribution is 0.0973. The summed E-state index contributed by atoms with van der Waals surface area (Å²) in [6.07, 6.45) is 5.45. The lowest BCUT2D eigenvalue weighted by Gasteiger charge is -2.01. The number of pyridine rings is 1. The van der Waals surface area contributed by atoms with Gasteiger partial charge in [0.15, 0.2) is 5.78 Å². The Morgan fingerprint density at radius 2 is 2.29 bits per heavy atom. The highest BCUT2D eigenvalue weighted by atomic mass is 79.9. The number of rotatable bonds is 5. The van der Waals surface area contributed by atoms with Crippen molar-refractivity contribution in [1.29, 1.82) is 0 Å². The first-order valence-corrected chi connectivity index (χ1v) is 5.68. The van der Waals surface area contributed by atoms with Gasteiger partial charge in [0, 0.05) is 17.1 Å². The Morgan fingerprint density at radius 3 is 2.93 bits per heavy atom. The van der Waals surface area contributed by atoms with Crippen molar-refractivity contribution in [1.82, 2.24) is 4.98 Å². The van der Waals surface area contributed by atoms with E-state index in [4.69, 9.17) is 0 Å². The summed E-state index contributed by atoms with van der Waals surface area (Å²) >= 11 is 3.32. The second kappa shape index (κ2) is 5.91. The maximum Gasteiger partial charge on any atom is 0.182 e. The van der Waals surface area contributed by atoms with E-state index in [1.807, 2.05) is 12.1 Å². The predicted octanol–water partition coefficient (Wildman–Crippen LogP) is 3.61. The first-order valence-electron chi connectivity index (χ1n) is 4.89. The number of ketones is 1. The number of nitrogens with zero attached hydrogens (tertiary/aromatic N) is 1. The smallest absolute Gasteiger partial charge is 0.182 e. The molecule has 0 spiro atoms. The predicted molar refractivity (Wildman–Crippen MR) is 60.4 cm³/mol. The van der Waals surface area contributed by atoms with Crippen molar-refractivity contribution in [3.63, 3.8) is 0 Å². The molecule has 0 amide bonds. The molecule has 3 heteroatoms. The Labute approximate surface area is 92.9 Å². The van der Waals surface area contributed by atoms with Gasteiger partial charge < -0.3 is 0 Å². The van der Waals surface area contributed by atoms with Crippen LogP contribution >= 0.6 is 15.9 Å². The molecule has 1 heterocycles.